The predicted molar refractivity (Wildman–Crippen MR) is 198 cm³/mol. The summed E-state index contributed by atoms with van der Waals surface area (Å²) in [6.45, 7) is 16.8. The van der Waals surface area contributed by atoms with Crippen LogP contribution in [0.4, 0.5) is 0 Å². The zero-order chi connectivity index (χ0) is 33.2. The van der Waals surface area contributed by atoms with Gasteiger partial charge in [-0.1, -0.05) is 0 Å². The van der Waals surface area contributed by atoms with E-state index in [4.69, 9.17) is 18.6 Å². The van der Waals surface area contributed by atoms with E-state index in [0.29, 0.717) is 0 Å². The first-order valence-corrected chi connectivity index (χ1v) is 20.9. The minimum absolute atomic E-state index is 0.383. The van der Waals surface area contributed by atoms with Crippen molar-refractivity contribution in [2.75, 3.05) is 0 Å². The molecule has 238 valence electrons. The third kappa shape index (κ3) is 5.33. The molecule has 0 atom stereocenters. The fourth-order valence-electron chi connectivity index (χ4n) is 6.95. The molecule has 0 bridgehead atoms. The molecule has 2 saturated heterocycles. The fourth-order valence-corrected chi connectivity index (χ4v) is 17.7. The number of allylic oxidation sites excluding steroid dienone is 2. The third-order valence-electron chi connectivity index (χ3n) is 11.1. The van der Waals surface area contributed by atoms with Crippen LogP contribution in [0, 0.1) is 0 Å². The first-order chi connectivity index (χ1) is 22.3. The Morgan fingerprint density at radius 1 is 0.404 bits per heavy atom. The molecule has 2 fully saturated rings. The zero-order valence-corrected chi connectivity index (χ0v) is 30.9. The monoisotopic (exact) mass is 684 g/mol. The second kappa shape index (κ2) is 11.5. The topological polar surface area (TPSA) is 36.9 Å². The SMILES string of the molecule is CC1(C)OB(c2ccc([C]3=CC=[C](c4ccc(B5OC(C)(C)C(C)(C)O5)cc4)[Ge]3([c]3ccccc3)[c]3ccccc3)cc2)OC1(C)C. The first-order valence-electron chi connectivity index (χ1n) is 16.7. The van der Waals surface area contributed by atoms with Gasteiger partial charge in [-0.3, -0.25) is 0 Å². The maximum absolute atomic E-state index is 6.39. The number of benzene rings is 4. The molecule has 0 radical (unpaired) electrons. The average molecular weight is 683 g/mol. The van der Waals surface area contributed by atoms with Crippen molar-refractivity contribution in [1.29, 1.82) is 0 Å². The Morgan fingerprint density at radius 2 is 0.702 bits per heavy atom. The van der Waals surface area contributed by atoms with Crippen LogP contribution in [0.25, 0.3) is 8.81 Å². The van der Waals surface area contributed by atoms with Crippen LogP contribution in [0.1, 0.15) is 66.5 Å². The van der Waals surface area contributed by atoms with E-state index in [-0.39, 0.29) is 22.4 Å². The van der Waals surface area contributed by atoms with Gasteiger partial charge in [0.05, 0.1) is 0 Å². The Kier molecular flexibility index (Phi) is 7.93. The van der Waals surface area contributed by atoms with Crippen LogP contribution in [0.15, 0.2) is 121 Å². The Balaban J connectivity index is 1.30. The summed E-state index contributed by atoms with van der Waals surface area (Å²) in [5.41, 5.74) is 3.01. The van der Waals surface area contributed by atoms with Crippen LogP contribution in [0.5, 0.6) is 0 Å². The normalized spacial score (nSPS) is 21.9. The van der Waals surface area contributed by atoms with Crippen LogP contribution in [-0.2, 0) is 18.6 Å². The van der Waals surface area contributed by atoms with E-state index in [0.717, 1.165) is 10.9 Å². The van der Waals surface area contributed by atoms with Crippen molar-refractivity contribution >= 4 is 56.0 Å². The van der Waals surface area contributed by atoms with Gasteiger partial charge in [-0.25, -0.2) is 0 Å². The Hall–Kier alpha value is -3.13. The van der Waals surface area contributed by atoms with Crippen molar-refractivity contribution in [3.8, 4) is 0 Å². The van der Waals surface area contributed by atoms with E-state index in [9.17, 15) is 0 Å². The van der Waals surface area contributed by atoms with Gasteiger partial charge in [0.2, 0.25) is 0 Å². The molecule has 4 aromatic rings. The van der Waals surface area contributed by atoms with Gasteiger partial charge in [0.25, 0.3) is 0 Å². The van der Waals surface area contributed by atoms with Gasteiger partial charge >= 0.3 is 285 Å². The van der Waals surface area contributed by atoms with Gasteiger partial charge in [0, 0.05) is 0 Å². The van der Waals surface area contributed by atoms with Crippen molar-refractivity contribution < 1.29 is 18.6 Å². The number of hydrogen-bond donors (Lipinski definition) is 0. The summed E-state index contributed by atoms with van der Waals surface area (Å²) in [4.78, 5) is 0. The van der Waals surface area contributed by atoms with Crippen molar-refractivity contribution in [2.45, 2.75) is 77.8 Å². The summed E-state index contributed by atoms with van der Waals surface area (Å²) in [7, 11) is -0.783. The molecule has 0 saturated carbocycles. The molecule has 3 aliphatic heterocycles. The number of hydrogen-bond acceptors (Lipinski definition) is 4. The van der Waals surface area contributed by atoms with E-state index >= 15 is 0 Å². The Labute approximate surface area is 283 Å². The molecule has 0 spiro atoms. The molecule has 47 heavy (non-hydrogen) atoms. The van der Waals surface area contributed by atoms with Crippen molar-refractivity contribution in [2.24, 2.45) is 0 Å². The summed E-state index contributed by atoms with van der Waals surface area (Å²) in [6, 6.07) is 40.0. The van der Waals surface area contributed by atoms with Crippen LogP contribution in [-0.4, -0.2) is 49.9 Å². The van der Waals surface area contributed by atoms with Gasteiger partial charge in [-0.2, -0.15) is 0 Å². The molecule has 0 aromatic heterocycles. The van der Waals surface area contributed by atoms with Gasteiger partial charge in [-0.15, -0.1) is 0 Å². The van der Waals surface area contributed by atoms with E-state index in [1.807, 2.05) is 0 Å². The molecule has 4 nitrogen and oxygen atoms in total. The van der Waals surface area contributed by atoms with Crippen molar-refractivity contribution in [1.82, 2.24) is 0 Å². The molecule has 3 aliphatic rings. The Morgan fingerprint density at radius 3 is 1.00 bits per heavy atom. The molecule has 0 unspecified atom stereocenters. The second-order valence-electron chi connectivity index (χ2n) is 15.1. The van der Waals surface area contributed by atoms with Crippen LogP contribution in [0.3, 0.4) is 0 Å². The minimum atomic E-state index is -3.48. The molecule has 7 rings (SSSR count). The Bertz CT molecular complexity index is 1660. The van der Waals surface area contributed by atoms with E-state index in [1.54, 1.807) is 0 Å². The quantitative estimate of drug-likeness (QED) is 0.230. The van der Waals surface area contributed by atoms with Crippen LogP contribution >= 0.6 is 0 Å². The van der Waals surface area contributed by atoms with Crippen LogP contribution in [0.2, 0.25) is 0 Å². The molecule has 0 amide bonds. The molecule has 3 heterocycles. The zero-order valence-electron chi connectivity index (χ0n) is 28.8. The third-order valence-corrected chi connectivity index (χ3v) is 21.5. The molecule has 4 aromatic carbocycles. The number of rotatable bonds is 6. The summed E-state index contributed by atoms with van der Waals surface area (Å²) >= 11 is -3.48. The van der Waals surface area contributed by atoms with Crippen molar-refractivity contribution in [3.05, 3.63) is 132 Å². The van der Waals surface area contributed by atoms with Gasteiger partial charge < -0.3 is 0 Å². The summed E-state index contributed by atoms with van der Waals surface area (Å²) in [6.07, 6.45) is 4.75. The summed E-state index contributed by atoms with van der Waals surface area (Å²) < 4.78 is 31.2. The molecular formula is C40H44B2GeO4. The first kappa shape index (κ1) is 32.4. The summed E-state index contributed by atoms with van der Waals surface area (Å²) in [5.74, 6) is 0. The molecule has 0 N–H and O–H groups in total. The molecular weight excluding hydrogens is 639 g/mol. The average Bonchev–Trinajstić information content (AvgIpc) is 3.63. The second-order valence-corrected chi connectivity index (χ2v) is 22.9. The standard InChI is InChI=1S/C40H44B2GeO4/c1-37(2)38(3,4)45-41(44-37)31-23-19-29(20-24-31)35-27-28-36(43(35,33-15-11-9-12-16-33)34-17-13-10-14-18-34)30-21-25-32(26-22-30)42-46-39(5,6)40(7,8)47-42/h9-28H,1-8H3. The van der Waals surface area contributed by atoms with E-state index in [2.05, 4.69) is 177 Å². The van der Waals surface area contributed by atoms with E-state index in [1.165, 1.54) is 28.7 Å². The molecule has 7 heteroatoms. The maximum atomic E-state index is 6.39. The van der Waals surface area contributed by atoms with E-state index < -0.39 is 27.5 Å². The summed E-state index contributed by atoms with van der Waals surface area (Å²) in [5, 5.41) is 0. The van der Waals surface area contributed by atoms with Gasteiger partial charge in [0.1, 0.15) is 0 Å². The van der Waals surface area contributed by atoms with Crippen LogP contribution < -0.4 is 19.7 Å². The van der Waals surface area contributed by atoms with Crippen molar-refractivity contribution in [3.63, 3.8) is 0 Å². The fraction of sp³-hybridized carbons (Fsp3) is 0.300. The van der Waals surface area contributed by atoms with Gasteiger partial charge in [-0.05, 0) is 0 Å². The predicted octanol–water partition coefficient (Wildman–Crippen LogP) is 6.11. The molecule has 0 aliphatic carbocycles. The van der Waals surface area contributed by atoms with Gasteiger partial charge in [0.15, 0.2) is 0 Å².